The summed E-state index contributed by atoms with van der Waals surface area (Å²) in [5, 5.41) is 12.4. The molecule has 0 bridgehead atoms. The summed E-state index contributed by atoms with van der Waals surface area (Å²) in [5.41, 5.74) is 0.551. The molecule has 0 aromatic heterocycles. The van der Waals surface area contributed by atoms with Gasteiger partial charge in [-0.15, -0.1) is 0 Å². The predicted molar refractivity (Wildman–Crippen MR) is 108 cm³/mol. The summed E-state index contributed by atoms with van der Waals surface area (Å²) in [6.45, 7) is 7.09. The molecule has 6 nitrogen and oxygen atoms in total. The lowest BCUT2D eigenvalue weighted by Gasteiger charge is -2.36. The monoisotopic (exact) mass is 398 g/mol. The van der Waals surface area contributed by atoms with E-state index in [-0.39, 0.29) is 23.6 Å². The molecule has 1 atom stereocenters. The zero-order chi connectivity index (χ0) is 21.1. The van der Waals surface area contributed by atoms with E-state index in [0.29, 0.717) is 34.4 Å². The molecule has 0 amide bonds. The molecule has 154 valence electrons. The summed E-state index contributed by atoms with van der Waals surface area (Å²) in [6, 6.07) is 3.75. The largest absolute Gasteiger partial charge is 0.506 e. The molecule has 1 aliphatic heterocycles. The maximum absolute atomic E-state index is 12.9. The van der Waals surface area contributed by atoms with Crippen LogP contribution in [-0.2, 0) is 22.4 Å². The highest BCUT2D eigenvalue weighted by molar-refractivity contribution is 6.09. The fourth-order valence-corrected chi connectivity index (χ4v) is 4.64. The Morgan fingerprint density at radius 3 is 2.59 bits per heavy atom. The van der Waals surface area contributed by atoms with E-state index in [9.17, 15) is 14.7 Å². The van der Waals surface area contributed by atoms with E-state index in [1.54, 1.807) is 14.0 Å². The van der Waals surface area contributed by atoms with Crippen molar-refractivity contribution in [2.75, 3.05) is 7.11 Å². The highest BCUT2D eigenvalue weighted by atomic mass is 16.6. The Hall–Kier alpha value is -2.76. The van der Waals surface area contributed by atoms with Crippen LogP contribution in [-0.4, -0.2) is 35.2 Å². The van der Waals surface area contributed by atoms with E-state index in [1.165, 1.54) is 6.92 Å². The molecule has 6 heteroatoms. The van der Waals surface area contributed by atoms with Gasteiger partial charge in [-0.1, -0.05) is 0 Å². The molecular formula is C23H26O6. The molecule has 1 heterocycles. The van der Waals surface area contributed by atoms with Gasteiger partial charge in [0.1, 0.15) is 28.5 Å². The van der Waals surface area contributed by atoms with Crippen molar-refractivity contribution in [3.63, 3.8) is 0 Å². The number of hydrogen-bond donors (Lipinski definition) is 1. The van der Waals surface area contributed by atoms with Gasteiger partial charge in [-0.2, -0.15) is 0 Å². The molecule has 1 N–H and O–H groups in total. The summed E-state index contributed by atoms with van der Waals surface area (Å²) in [7, 11) is 1.61. The highest BCUT2D eigenvalue weighted by Crippen LogP contribution is 2.49. The molecule has 29 heavy (non-hydrogen) atoms. The zero-order valence-electron chi connectivity index (χ0n) is 17.5. The van der Waals surface area contributed by atoms with Crippen molar-refractivity contribution in [3.8, 4) is 17.2 Å². The second-order valence-corrected chi connectivity index (χ2v) is 8.93. The van der Waals surface area contributed by atoms with Crippen LogP contribution in [0, 0.1) is 0 Å². The third-order valence-corrected chi connectivity index (χ3v) is 5.84. The van der Waals surface area contributed by atoms with Crippen LogP contribution in [0.5, 0.6) is 17.2 Å². The number of phenolic OH excluding ortho intramolecular Hbond substituents is 1. The number of fused-ring (bicyclic) bond motifs is 4. The van der Waals surface area contributed by atoms with E-state index in [4.69, 9.17) is 14.2 Å². The zero-order valence-corrected chi connectivity index (χ0v) is 17.5. The van der Waals surface area contributed by atoms with Gasteiger partial charge in [0, 0.05) is 18.9 Å². The van der Waals surface area contributed by atoms with Gasteiger partial charge in [-0.25, -0.2) is 0 Å². The van der Waals surface area contributed by atoms with Crippen molar-refractivity contribution in [1.29, 1.82) is 0 Å². The molecule has 2 aromatic carbocycles. The Labute approximate surface area is 169 Å². The quantitative estimate of drug-likeness (QED) is 0.767. The smallest absolute Gasteiger partial charge is 0.303 e. The number of benzene rings is 2. The Balaban J connectivity index is 1.96. The minimum atomic E-state index is -0.924. The van der Waals surface area contributed by atoms with Gasteiger partial charge in [0.15, 0.2) is 5.78 Å². The third-order valence-electron chi connectivity index (χ3n) is 5.84. The number of phenols is 1. The van der Waals surface area contributed by atoms with Crippen LogP contribution in [0.4, 0.5) is 0 Å². The first-order valence-corrected chi connectivity index (χ1v) is 9.84. The number of methoxy groups -OCH3 is 1. The minimum Gasteiger partial charge on any atom is -0.506 e. The van der Waals surface area contributed by atoms with Crippen molar-refractivity contribution in [2.45, 2.75) is 64.6 Å². The predicted octanol–water partition coefficient (Wildman–Crippen LogP) is 4.11. The maximum Gasteiger partial charge on any atom is 0.303 e. The van der Waals surface area contributed by atoms with Crippen LogP contribution in [0.2, 0.25) is 0 Å². The van der Waals surface area contributed by atoms with Gasteiger partial charge in [0.05, 0.1) is 24.5 Å². The molecule has 4 rings (SSSR count). The van der Waals surface area contributed by atoms with Crippen molar-refractivity contribution in [3.05, 3.63) is 28.8 Å². The first kappa shape index (κ1) is 19.6. The molecule has 1 unspecified atom stereocenters. The van der Waals surface area contributed by atoms with Crippen molar-refractivity contribution < 1.29 is 28.9 Å². The van der Waals surface area contributed by atoms with Gasteiger partial charge in [0.25, 0.3) is 0 Å². The SMILES string of the molecule is COc1cc2cc3c(c(O)c2c2c1CCC(C)(C)O2)C(=O)CC(C)(OC(C)=O)C3. The number of carbonyl (C=O) groups is 2. The van der Waals surface area contributed by atoms with Crippen molar-refractivity contribution in [2.24, 2.45) is 0 Å². The summed E-state index contributed by atoms with van der Waals surface area (Å²) >= 11 is 0. The number of ketones is 1. The molecule has 2 aromatic rings. The van der Waals surface area contributed by atoms with Gasteiger partial charge < -0.3 is 19.3 Å². The second-order valence-electron chi connectivity index (χ2n) is 8.93. The average Bonchev–Trinajstić information content (AvgIpc) is 2.57. The summed E-state index contributed by atoms with van der Waals surface area (Å²) in [4.78, 5) is 24.5. The molecule has 2 aliphatic rings. The van der Waals surface area contributed by atoms with Crippen LogP contribution >= 0.6 is 0 Å². The number of esters is 1. The molecule has 1 aliphatic carbocycles. The fourth-order valence-electron chi connectivity index (χ4n) is 4.64. The van der Waals surface area contributed by atoms with Crippen LogP contribution in [0.3, 0.4) is 0 Å². The number of ether oxygens (including phenoxy) is 3. The van der Waals surface area contributed by atoms with Crippen LogP contribution in [0.15, 0.2) is 12.1 Å². The molecule has 0 radical (unpaired) electrons. The summed E-state index contributed by atoms with van der Waals surface area (Å²) < 4.78 is 17.3. The normalized spacial score (nSPS) is 22.4. The van der Waals surface area contributed by atoms with E-state index < -0.39 is 11.6 Å². The second kappa shape index (κ2) is 6.37. The lowest BCUT2D eigenvalue weighted by molar-refractivity contribution is -0.155. The van der Waals surface area contributed by atoms with E-state index in [0.717, 1.165) is 23.8 Å². The molecule has 0 saturated carbocycles. The number of hydrogen-bond acceptors (Lipinski definition) is 6. The molecule has 0 saturated heterocycles. The van der Waals surface area contributed by atoms with E-state index in [1.807, 2.05) is 26.0 Å². The number of aromatic hydroxyl groups is 1. The van der Waals surface area contributed by atoms with E-state index in [2.05, 4.69) is 0 Å². The minimum absolute atomic E-state index is 0.0311. The Morgan fingerprint density at radius 1 is 1.21 bits per heavy atom. The van der Waals surface area contributed by atoms with Crippen molar-refractivity contribution >= 4 is 22.5 Å². The van der Waals surface area contributed by atoms with Gasteiger partial charge >= 0.3 is 5.97 Å². The van der Waals surface area contributed by atoms with Crippen LogP contribution in [0.1, 0.15) is 62.0 Å². The summed E-state index contributed by atoms with van der Waals surface area (Å²) in [6.07, 6.45) is 1.97. The Morgan fingerprint density at radius 2 is 1.93 bits per heavy atom. The lowest BCUT2D eigenvalue weighted by Crippen LogP contribution is -2.40. The Kier molecular flexibility index (Phi) is 4.30. The molecule has 0 fully saturated rings. The Bertz CT molecular complexity index is 1050. The van der Waals surface area contributed by atoms with E-state index >= 15 is 0 Å². The first-order valence-electron chi connectivity index (χ1n) is 9.84. The number of Topliss-reactive ketones (excluding diaryl/α,β-unsaturated/α-hetero) is 1. The standard InChI is InChI=1S/C23H26O6/c1-12(24)28-23(4)10-14-8-13-9-17(27-5)15-6-7-22(2,3)29-21(15)19(13)20(26)18(14)16(25)11-23/h8-9,26H,6-7,10-11H2,1-5H3. The number of rotatable bonds is 2. The maximum atomic E-state index is 12.9. The highest BCUT2D eigenvalue weighted by Gasteiger charge is 2.40. The number of carbonyl (C=O) groups excluding carboxylic acids is 2. The lowest BCUT2D eigenvalue weighted by atomic mass is 9.78. The van der Waals surface area contributed by atoms with Gasteiger partial charge in [0.2, 0.25) is 0 Å². The molecule has 0 spiro atoms. The topological polar surface area (TPSA) is 82.1 Å². The van der Waals surface area contributed by atoms with Gasteiger partial charge in [-0.3, -0.25) is 9.59 Å². The third kappa shape index (κ3) is 3.20. The van der Waals surface area contributed by atoms with Crippen LogP contribution in [0.25, 0.3) is 10.8 Å². The molecular weight excluding hydrogens is 372 g/mol. The fraction of sp³-hybridized carbons (Fsp3) is 0.478. The van der Waals surface area contributed by atoms with Crippen molar-refractivity contribution in [1.82, 2.24) is 0 Å². The van der Waals surface area contributed by atoms with Crippen LogP contribution < -0.4 is 9.47 Å². The summed E-state index contributed by atoms with van der Waals surface area (Å²) in [5.74, 6) is 0.544. The van der Waals surface area contributed by atoms with Gasteiger partial charge in [-0.05, 0) is 56.7 Å². The first-order chi connectivity index (χ1) is 13.5. The average molecular weight is 398 g/mol.